The normalized spacial score (nSPS) is 11.4. The monoisotopic (exact) mass is 514 g/mol. The van der Waals surface area contributed by atoms with Gasteiger partial charge in [0.05, 0.1) is 23.8 Å². The number of ether oxygens (including phenoxy) is 2. The van der Waals surface area contributed by atoms with Crippen LogP contribution in [0.15, 0.2) is 103 Å². The summed E-state index contributed by atoms with van der Waals surface area (Å²) in [6.07, 6.45) is 0. The molecule has 0 saturated carbocycles. The number of amides is 2. The Bertz CT molecular complexity index is 1330. The van der Waals surface area contributed by atoms with Gasteiger partial charge in [0.25, 0.3) is 5.91 Å². The summed E-state index contributed by atoms with van der Waals surface area (Å²) in [5, 5.41) is 5.91. The molecule has 4 rings (SSSR count). The molecule has 6 nitrogen and oxygen atoms in total. The molecule has 0 heterocycles. The zero-order valence-corrected chi connectivity index (χ0v) is 21.1. The molecule has 4 aromatic rings. The van der Waals surface area contributed by atoms with E-state index in [2.05, 4.69) is 10.6 Å². The van der Waals surface area contributed by atoms with Crippen LogP contribution in [-0.2, 0) is 16.1 Å². The molecule has 37 heavy (non-hydrogen) atoms. The zero-order valence-electron chi connectivity index (χ0n) is 20.3. The lowest BCUT2D eigenvalue weighted by atomic mass is 10.1. The van der Waals surface area contributed by atoms with Gasteiger partial charge >= 0.3 is 0 Å². The number of anilines is 1. The van der Waals surface area contributed by atoms with E-state index in [0.717, 1.165) is 11.1 Å². The molecule has 0 radical (unpaired) electrons. The van der Waals surface area contributed by atoms with Gasteiger partial charge in [0.2, 0.25) is 5.91 Å². The van der Waals surface area contributed by atoms with Crippen molar-refractivity contribution in [2.24, 2.45) is 0 Å². The van der Waals surface area contributed by atoms with Gasteiger partial charge in [0, 0.05) is 5.69 Å². The number of hydrogen-bond donors (Lipinski definition) is 2. The Kier molecular flexibility index (Phi) is 8.92. The Morgan fingerprint density at radius 1 is 0.838 bits per heavy atom. The summed E-state index contributed by atoms with van der Waals surface area (Å²) < 4.78 is 11.6. The molecule has 0 saturated heterocycles. The Labute approximate surface area is 221 Å². The van der Waals surface area contributed by atoms with E-state index >= 15 is 0 Å². The van der Waals surface area contributed by atoms with Crippen molar-refractivity contribution in [3.8, 4) is 11.5 Å². The number of rotatable bonds is 10. The van der Waals surface area contributed by atoms with Gasteiger partial charge in [-0.25, -0.2) is 0 Å². The lowest BCUT2D eigenvalue weighted by Gasteiger charge is -2.19. The van der Waals surface area contributed by atoms with Crippen LogP contribution in [0.1, 0.15) is 21.5 Å². The first-order chi connectivity index (χ1) is 18.0. The number of aryl methyl sites for hydroxylation is 1. The predicted octanol–water partition coefficient (Wildman–Crippen LogP) is 6.39. The lowest BCUT2D eigenvalue weighted by Crippen LogP contribution is -2.46. The van der Waals surface area contributed by atoms with Crippen molar-refractivity contribution < 1.29 is 19.1 Å². The largest absolute Gasteiger partial charge is 0.457 e. The quantitative estimate of drug-likeness (QED) is 0.257. The smallest absolute Gasteiger partial charge is 0.253 e. The summed E-state index contributed by atoms with van der Waals surface area (Å²) in [5.41, 5.74) is 2.74. The fourth-order valence-electron chi connectivity index (χ4n) is 3.55. The van der Waals surface area contributed by atoms with E-state index in [-0.39, 0.29) is 12.2 Å². The first-order valence-electron chi connectivity index (χ1n) is 11.8. The minimum absolute atomic E-state index is 0.0227. The average Bonchev–Trinajstić information content (AvgIpc) is 2.90. The van der Waals surface area contributed by atoms with Crippen molar-refractivity contribution in [1.29, 1.82) is 0 Å². The lowest BCUT2D eigenvalue weighted by molar-refractivity contribution is -0.119. The molecule has 0 aliphatic rings. The molecule has 0 aliphatic carbocycles. The Hall–Kier alpha value is -4.13. The minimum Gasteiger partial charge on any atom is -0.457 e. The number of nitrogens with one attached hydrogen (secondary N) is 2. The molecular weight excluding hydrogens is 488 g/mol. The summed E-state index contributed by atoms with van der Waals surface area (Å²) in [6, 6.07) is 30.2. The van der Waals surface area contributed by atoms with E-state index in [1.807, 2.05) is 67.6 Å². The molecule has 1 unspecified atom stereocenters. The number of carbonyl (C=O) groups excluding carboxylic acids is 2. The molecular formula is C30H27ClN2O4. The van der Waals surface area contributed by atoms with Crippen molar-refractivity contribution in [3.05, 3.63) is 125 Å². The first kappa shape index (κ1) is 25.9. The second kappa shape index (κ2) is 12.7. The topological polar surface area (TPSA) is 76.7 Å². The van der Waals surface area contributed by atoms with E-state index in [1.54, 1.807) is 42.5 Å². The van der Waals surface area contributed by atoms with Crippen molar-refractivity contribution in [2.45, 2.75) is 19.6 Å². The van der Waals surface area contributed by atoms with E-state index in [1.165, 1.54) is 0 Å². The minimum atomic E-state index is -0.950. The summed E-state index contributed by atoms with van der Waals surface area (Å²) >= 11 is 6.27. The first-order valence-corrected chi connectivity index (χ1v) is 12.2. The third-order valence-corrected chi connectivity index (χ3v) is 5.80. The number of benzene rings is 4. The molecule has 2 amide bonds. The van der Waals surface area contributed by atoms with Gasteiger partial charge in [0.1, 0.15) is 17.5 Å². The van der Waals surface area contributed by atoms with Crippen LogP contribution in [0.2, 0.25) is 5.02 Å². The van der Waals surface area contributed by atoms with E-state index < -0.39 is 17.9 Å². The van der Waals surface area contributed by atoms with Crippen LogP contribution >= 0.6 is 11.6 Å². The van der Waals surface area contributed by atoms with Gasteiger partial charge in [0.15, 0.2) is 0 Å². The molecule has 0 bridgehead atoms. The molecule has 4 aromatic carbocycles. The van der Waals surface area contributed by atoms with Crippen molar-refractivity contribution in [3.63, 3.8) is 0 Å². The highest BCUT2D eigenvalue weighted by atomic mass is 35.5. The van der Waals surface area contributed by atoms with E-state index in [0.29, 0.717) is 28.8 Å². The average molecular weight is 515 g/mol. The molecule has 0 fully saturated rings. The predicted molar refractivity (Wildman–Crippen MR) is 145 cm³/mol. The summed E-state index contributed by atoms with van der Waals surface area (Å²) in [5.74, 6) is 0.475. The molecule has 0 aromatic heterocycles. The molecule has 7 heteroatoms. The molecule has 0 spiro atoms. The molecule has 2 N–H and O–H groups in total. The van der Waals surface area contributed by atoms with Gasteiger partial charge < -0.3 is 20.1 Å². The highest BCUT2D eigenvalue weighted by Crippen LogP contribution is 2.23. The second-order valence-corrected chi connectivity index (χ2v) is 8.85. The Morgan fingerprint density at radius 2 is 1.49 bits per heavy atom. The standard InChI is InChI=1S/C30H27ClN2O4/c1-21-12-17-26(27(31)18-21)29(34)33-28(20-36-19-22-8-4-2-5-9-22)30(35)32-23-13-15-25(16-14-23)37-24-10-6-3-7-11-24/h2-18,28H,19-20H2,1H3,(H,32,35)(H,33,34). The fourth-order valence-corrected chi connectivity index (χ4v) is 3.87. The highest BCUT2D eigenvalue weighted by molar-refractivity contribution is 6.34. The van der Waals surface area contributed by atoms with Crippen LogP contribution < -0.4 is 15.4 Å². The zero-order chi connectivity index (χ0) is 26.0. The molecule has 1 atom stereocenters. The van der Waals surface area contributed by atoms with Crippen LogP contribution in [0.5, 0.6) is 11.5 Å². The molecule has 0 aliphatic heterocycles. The maximum Gasteiger partial charge on any atom is 0.253 e. The van der Waals surface area contributed by atoms with Crippen LogP contribution in [0.25, 0.3) is 0 Å². The van der Waals surface area contributed by atoms with Crippen molar-refractivity contribution in [1.82, 2.24) is 5.32 Å². The third-order valence-electron chi connectivity index (χ3n) is 5.49. The fraction of sp³-hybridized carbons (Fsp3) is 0.133. The van der Waals surface area contributed by atoms with Crippen LogP contribution in [0, 0.1) is 6.92 Å². The van der Waals surface area contributed by atoms with Gasteiger partial charge in [-0.1, -0.05) is 66.2 Å². The Balaban J connectivity index is 1.43. The van der Waals surface area contributed by atoms with Crippen LogP contribution in [0.4, 0.5) is 5.69 Å². The van der Waals surface area contributed by atoms with Gasteiger partial charge in [-0.2, -0.15) is 0 Å². The van der Waals surface area contributed by atoms with Crippen LogP contribution in [-0.4, -0.2) is 24.5 Å². The second-order valence-electron chi connectivity index (χ2n) is 8.44. The number of carbonyl (C=O) groups is 2. The van der Waals surface area contributed by atoms with Gasteiger partial charge in [-0.15, -0.1) is 0 Å². The number of halogens is 1. The van der Waals surface area contributed by atoms with Gasteiger partial charge in [-0.05, 0) is 66.6 Å². The summed E-state index contributed by atoms with van der Waals surface area (Å²) in [6.45, 7) is 2.17. The van der Waals surface area contributed by atoms with E-state index in [9.17, 15) is 9.59 Å². The summed E-state index contributed by atoms with van der Waals surface area (Å²) in [4.78, 5) is 26.1. The number of para-hydroxylation sites is 1. The van der Waals surface area contributed by atoms with Crippen molar-refractivity contribution in [2.75, 3.05) is 11.9 Å². The molecule has 188 valence electrons. The SMILES string of the molecule is Cc1ccc(C(=O)NC(COCc2ccccc2)C(=O)Nc2ccc(Oc3ccccc3)cc2)c(Cl)c1. The third kappa shape index (κ3) is 7.67. The number of hydrogen-bond acceptors (Lipinski definition) is 4. The van der Waals surface area contributed by atoms with Crippen molar-refractivity contribution >= 4 is 29.1 Å². The maximum absolute atomic E-state index is 13.2. The Morgan fingerprint density at radius 3 is 2.16 bits per heavy atom. The highest BCUT2D eigenvalue weighted by Gasteiger charge is 2.23. The van der Waals surface area contributed by atoms with E-state index in [4.69, 9.17) is 21.1 Å². The van der Waals surface area contributed by atoms with Gasteiger partial charge in [-0.3, -0.25) is 9.59 Å². The van der Waals surface area contributed by atoms with Crippen LogP contribution in [0.3, 0.4) is 0 Å². The summed E-state index contributed by atoms with van der Waals surface area (Å²) in [7, 11) is 0. The maximum atomic E-state index is 13.2.